The van der Waals surface area contributed by atoms with Gasteiger partial charge in [-0.25, -0.2) is 14.4 Å². The summed E-state index contributed by atoms with van der Waals surface area (Å²) in [6.07, 6.45) is 4.79. The topological polar surface area (TPSA) is 71.7 Å². The first-order chi connectivity index (χ1) is 7.78. The fourth-order valence-electron chi connectivity index (χ4n) is 0.994. The summed E-state index contributed by atoms with van der Waals surface area (Å²) in [5, 5.41) is 8.64. The van der Waals surface area contributed by atoms with Gasteiger partial charge in [0.15, 0.2) is 11.6 Å². The first kappa shape index (κ1) is 9.98. The molecule has 0 unspecified atom stereocenters. The van der Waals surface area contributed by atoms with E-state index < -0.39 is 5.82 Å². The van der Waals surface area contributed by atoms with Crippen molar-refractivity contribution in [2.45, 2.75) is 0 Å². The summed E-state index contributed by atoms with van der Waals surface area (Å²) in [5.41, 5.74) is 0.361. The second kappa shape index (κ2) is 4.31. The Morgan fingerprint density at radius 1 is 1.19 bits per heavy atom. The third kappa shape index (κ3) is 2.27. The van der Waals surface area contributed by atoms with Gasteiger partial charge < -0.3 is 4.74 Å². The van der Waals surface area contributed by atoms with Crippen LogP contribution in [-0.4, -0.2) is 15.0 Å². The van der Waals surface area contributed by atoms with Gasteiger partial charge >= 0.3 is 6.01 Å². The highest BCUT2D eigenvalue weighted by atomic mass is 19.1. The third-order valence-corrected chi connectivity index (χ3v) is 1.65. The number of pyridine rings is 1. The van der Waals surface area contributed by atoms with Crippen LogP contribution in [0.1, 0.15) is 5.56 Å². The van der Waals surface area contributed by atoms with E-state index in [1.54, 1.807) is 0 Å². The number of hydrogen-bond donors (Lipinski definition) is 0. The molecule has 0 fully saturated rings. The van der Waals surface area contributed by atoms with Crippen LogP contribution in [0.4, 0.5) is 4.39 Å². The Kier molecular flexibility index (Phi) is 2.69. The molecule has 5 nitrogen and oxygen atoms in total. The molecule has 2 rings (SSSR count). The van der Waals surface area contributed by atoms with Gasteiger partial charge in [-0.15, -0.1) is 0 Å². The minimum atomic E-state index is -0.545. The van der Waals surface area contributed by atoms with Crippen molar-refractivity contribution in [1.29, 1.82) is 5.26 Å². The summed E-state index contributed by atoms with van der Waals surface area (Å²) in [7, 11) is 0. The normalized spacial score (nSPS) is 9.50. The number of halogens is 1. The molecule has 0 aliphatic carbocycles. The first-order valence-electron chi connectivity index (χ1n) is 4.28. The van der Waals surface area contributed by atoms with Gasteiger partial charge in [0.05, 0.1) is 24.2 Å². The van der Waals surface area contributed by atoms with Gasteiger partial charge in [-0.05, 0) is 0 Å². The highest BCUT2D eigenvalue weighted by Gasteiger charge is 2.02. The lowest BCUT2D eigenvalue weighted by molar-refractivity contribution is 0.434. The fraction of sp³-hybridized carbons (Fsp3) is 0. The SMILES string of the molecule is N#Cc1cncc(Oc2ncc(F)cn2)c1. The van der Waals surface area contributed by atoms with E-state index >= 15 is 0 Å². The lowest BCUT2D eigenvalue weighted by Gasteiger charge is -2.02. The Labute approximate surface area is 90.2 Å². The van der Waals surface area contributed by atoms with E-state index in [2.05, 4.69) is 15.0 Å². The van der Waals surface area contributed by atoms with Gasteiger partial charge in [-0.3, -0.25) is 4.98 Å². The molecule has 0 spiro atoms. The van der Waals surface area contributed by atoms with Crippen molar-refractivity contribution in [3.05, 3.63) is 42.2 Å². The maximum Gasteiger partial charge on any atom is 0.322 e. The van der Waals surface area contributed by atoms with Crippen molar-refractivity contribution in [3.8, 4) is 17.8 Å². The van der Waals surface area contributed by atoms with Crippen molar-refractivity contribution >= 4 is 0 Å². The highest BCUT2D eigenvalue weighted by molar-refractivity contribution is 5.33. The van der Waals surface area contributed by atoms with Gasteiger partial charge in [0, 0.05) is 12.3 Å². The molecule has 78 valence electrons. The summed E-state index contributed by atoms with van der Waals surface area (Å²) in [6.45, 7) is 0. The van der Waals surface area contributed by atoms with Crippen LogP contribution in [0.5, 0.6) is 11.8 Å². The Morgan fingerprint density at radius 2 is 1.94 bits per heavy atom. The van der Waals surface area contributed by atoms with Crippen LogP contribution in [0.2, 0.25) is 0 Å². The predicted octanol–water partition coefficient (Wildman–Crippen LogP) is 1.67. The number of nitriles is 1. The Balaban J connectivity index is 2.21. The zero-order valence-electron chi connectivity index (χ0n) is 7.96. The maximum absolute atomic E-state index is 12.5. The van der Waals surface area contributed by atoms with Crippen molar-refractivity contribution in [2.75, 3.05) is 0 Å². The molecule has 6 heteroatoms. The molecule has 0 saturated carbocycles. The van der Waals surface area contributed by atoms with Crippen LogP contribution in [0.3, 0.4) is 0 Å². The zero-order chi connectivity index (χ0) is 11.4. The van der Waals surface area contributed by atoms with Crippen LogP contribution in [0.25, 0.3) is 0 Å². The number of nitrogens with zero attached hydrogens (tertiary/aromatic N) is 4. The van der Waals surface area contributed by atoms with Crippen LogP contribution < -0.4 is 4.74 Å². The summed E-state index contributed by atoms with van der Waals surface area (Å²) in [6, 6.07) is 3.40. The van der Waals surface area contributed by atoms with E-state index in [4.69, 9.17) is 10.00 Å². The van der Waals surface area contributed by atoms with Crippen molar-refractivity contribution in [3.63, 3.8) is 0 Å². The van der Waals surface area contributed by atoms with E-state index in [9.17, 15) is 4.39 Å². The van der Waals surface area contributed by atoms with Gasteiger partial charge in [0.1, 0.15) is 6.07 Å². The number of ether oxygens (including phenoxy) is 1. The Bertz CT molecular complexity index is 535. The second-order valence-electron chi connectivity index (χ2n) is 2.81. The highest BCUT2D eigenvalue weighted by Crippen LogP contribution is 2.16. The van der Waals surface area contributed by atoms with Crippen molar-refractivity contribution in [2.24, 2.45) is 0 Å². The van der Waals surface area contributed by atoms with E-state index in [1.165, 1.54) is 18.5 Å². The lowest BCUT2D eigenvalue weighted by atomic mass is 10.3. The van der Waals surface area contributed by atoms with Gasteiger partial charge in [-0.2, -0.15) is 5.26 Å². The van der Waals surface area contributed by atoms with Crippen LogP contribution in [-0.2, 0) is 0 Å². The fourth-order valence-corrected chi connectivity index (χ4v) is 0.994. The lowest BCUT2D eigenvalue weighted by Crippen LogP contribution is -1.93. The molecule has 0 amide bonds. The number of hydrogen-bond acceptors (Lipinski definition) is 5. The third-order valence-electron chi connectivity index (χ3n) is 1.65. The Hall–Kier alpha value is -2.55. The minimum absolute atomic E-state index is 0.00158. The standard InChI is InChI=1S/C10H5FN4O/c11-8-4-14-10(15-5-8)16-9-1-7(2-12)3-13-6-9/h1,3-6H. The molecule has 0 N–H and O–H groups in total. The molecule has 2 aromatic rings. The average molecular weight is 216 g/mol. The molecule has 16 heavy (non-hydrogen) atoms. The molecule has 0 radical (unpaired) electrons. The number of rotatable bonds is 2. The quantitative estimate of drug-likeness (QED) is 0.763. The molecule has 2 heterocycles. The molecule has 0 saturated heterocycles. The van der Waals surface area contributed by atoms with Gasteiger partial charge in [0.2, 0.25) is 0 Å². The molecule has 0 aliphatic heterocycles. The van der Waals surface area contributed by atoms with Gasteiger partial charge in [-0.1, -0.05) is 0 Å². The van der Waals surface area contributed by atoms with Crippen LogP contribution in [0.15, 0.2) is 30.9 Å². The van der Waals surface area contributed by atoms with E-state index in [1.807, 2.05) is 6.07 Å². The van der Waals surface area contributed by atoms with Gasteiger partial charge in [0.25, 0.3) is 0 Å². The Morgan fingerprint density at radius 3 is 2.62 bits per heavy atom. The number of aromatic nitrogens is 3. The van der Waals surface area contributed by atoms with Crippen LogP contribution >= 0.6 is 0 Å². The monoisotopic (exact) mass is 216 g/mol. The summed E-state index contributed by atoms with van der Waals surface area (Å²) < 4.78 is 17.7. The zero-order valence-corrected chi connectivity index (χ0v) is 7.96. The maximum atomic E-state index is 12.5. The van der Waals surface area contributed by atoms with E-state index in [-0.39, 0.29) is 6.01 Å². The minimum Gasteiger partial charge on any atom is -0.423 e. The molecule has 2 aromatic heterocycles. The summed E-state index contributed by atoms with van der Waals surface area (Å²) in [4.78, 5) is 11.0. The van der Waals surface area contributed by atoms with E-state index in [0.717, 1.165) is 12.4 Å². The smallest absolute Gasteiger partial charge is 0.322 e. The van der Waals surface area contributed by atoms with Crippen molar-refractivity contribution < 1.29 is 9.13 Å². The summed E-state index contributed by atoms with van der Waals surface area (Å²) >= 11 is 0. The largest absolute Gasteiger partial charge is 0.423 e. The second-order valence-corrected chi connectivity index (χ2v) is 2.81. The average Bonchev–Trinajstić information content (AvgIpc) is 2.32. The molecular weight excluding hydrogens is 211 g/mol. The molecule has 0 atom stereocenters. The van der Waals surface area contributed by atoms with Crippen molar-refractivity contribution in [1.82, 2.24) is 15.0 Å². The van der Waals surface area contributed by atoms with E-state index in [0.29, 0.717) is 11.3 Å². The first-order valence-corrected chi connectivity index (χ1v) is 4.28. The molecule has 0 aromatic carbocycles. The predicted molar refractivity (Wildman–Crippen MR) is 51.0 cm³/mol. The van der Waals surface area contributed by atoms with Crippen LogP contribution in [0, 0.1) is 17.1 Å². The molecule has 0 bridgehead atoms. The molecule has 0 aliphatic rings. The molecular formula is C10H5FN4O. The summed E-state index contributed by atoms with van der Waals surface area (Å²) in [5.74, 6) is -0.220.